The molecular weight excluding hydrogens is 339 g/mol. The number of ether oxygens (including phenoxy) is 1. The van der Waals surface area contributed by atoms with Crippen LogP contribution < -0.4 is 10.1 Å². The summed E-state index contributed by atoms with van der Waals surface area (Å²) in [5, 5.41) is 5.40. The highest BCUT2D eigenvalue weighted by molar-refractivity contribution is 7.09. The molecule has 0 bridgehead atoms. The molecule has 2 heterocycles. The van der Waals surface area contributed by atoms with E-state index < -0.39 is 0 Å². The minimum atomic E-state index is -0.260. The van der Waals surface area contributed by atoms with Crippen molar-refractivity contribution in [2.75, 3.05) is 19.7 Å². The summed E-state index contributed by atoms with van der Waals surface area (Å²) in [7, 11) is 0. The number of nitrogens with one attached hydrogen (secondary N) is 1. The first-order chi connectivity index (χ1) is 12.2. The summed E-state index contributed by atoms with van der Waals surface area (Å²) in [5.74, 6) is 0.674. The molecule has 0 radical (unpaired) electrons. The molecule has 1 aliphatic rings. The van der Waals surface area contributed by atoms with E-state index in [4.69, 9.17) is 4.74 Å². The van der Waals surface area contributed by atoms with Crippen molar-refractivity contribution in [1.82, 2.24) is 10.2 Å². The molecule has 2 aromatic rings. The van der Waals surface area contributed by atoms with E-state index >= 15 is 0 Å². The highest BCUT2D eigenvalue weighted by atomic mass is 32.1. The Balaban J connectivity index is 1.33. The van der Waals surface area contributed by atoms with E-state index in [0.29, 0.717) is 24.8 Å². The standard InChI is InChI=1S/C19H23FN2O2S/c20-15-3-6-17(7-4-15)24-12-11-21-10-9-16-5-8-19(23)22(16)14-18-2-1-13-25-18/h1-4,6-7,13,16,21H,5,8-12,14H2. The highest BCUT2D eigenvalue weighted by Crippen LogP contribution is 2.24. The fourth-order valence-electron chi connectivity index (χ4n) is 3.05. The zero-order chi connectivity index (χ0) is 17.5. The van der Waals surface area contributed by atoms with E-state index in [1.54, 1.807) is 23.5 Å². The lowest BCUT2D eigenvalue weighted by Gasteiger charge is -2.24. The molecule has 1 amide bonds. The molecule has 0 saturated carbocycles. The van der Waals surface area contributed by atoms with Gasteiger partial charge in [0.25, 0.3) is 0 Å². The van der Waals surface area contributed by atoms with Crippen LogP contribution in [0.2, 0.25) is 0 Å². The van der Waals surface area contributed by atoms with E-state index in [2.05, 4.69) is 11.4 Å². The monoisotopic (exact) mass is 362 g/mol. The molecular formula is C19H23FN2O2S. The molecule has 134 valence electrons. The Morgan fingerprint density at radius 3 is 2.84 bits per heavy atom. The summed E-state index contributed by atoms with van der Waals surface area (Å²) in [6.07, 6.45) is 2.55. The molecule has 0 spiro atoms. The van der Waals surface area contributed by atoms with Gasteiger partial charge in [-0.05, 0) is 55.1 Å². The van der Waals surface area contributed by atoms with Crippen LogP contribution in [0, 0.1) is 5.82 Å². The number of likely N-dealkylation sites (tertiary alicyclic amines) is 1. The Bertz CT molecular complexity index is 661. The summed E-state index contributed by atoms with van der Waals surface area (Å²) in [4.78, 5) is 15.3. The van der Waals surface area contributed by atoms with Crippen LogP contribution >= 0.6 is 11.3 Å². The van der Waals surface area contributed by atoms with Gasteiger partial charge in [-0.2, -0.15) is 0 Å². The number of carbonyl (C=O) groups excluding carboxylic acids is 1. The topological polar surface area (TPSA) is 41.6 Å². The second kappa shape index (κ2) is 8.97. The van der Waals surface area contributed by atoms with Gasteiger partial charge < -0.3 is 15.0 Å². The van der Waals surface area contributed by atoms with E-state index in [9.17, 15) is 9.18 Å². The van der Waals surface area contributed by atoms with Gasteiger partial charge in [0.2, 0.25) is 5.91 Å². The number of rotatable bonds is 9. The minimum Gasteiger partial charge on any atom is -0.492 e. The summed E-state index contributed by atoms with van der Waals surface area (Å²) in [6, 6.07) is 10.5. The molecule has 6 heteroatoms. The lowest BCUT2D eigenvalue weighted by atomic mass is 10.1. The Morgan fingerprint density at radius 1 is 1.24 bits per heavy atom. The third-order valence-electron chi connectivity index (χ3n) is 4.37. The number of carbonyl (C=O) groups is 1. The Morgan fingerprint density at radius 2 is 2.08 bits per heavy atom. The van der Waals surface area contributed by atoms with Crippen LogP contribution in [0.3, 0.4) is 0 Å². The fraction of sp³-hybridized carbons (Fsp3) is 0.421. The van der Waals surface area contributed by atoms with Crippen molar-refractivity contribution >= 4 is 17.2 Å². The normalized spacial score (nSPS) is 17.2. The lowest BCUT2D eigenvalue weighted by molar-refractivity contribution is -0.129. The van der Waals surface area contributed by atoms with E-state index in [-0.39, 0.29) is 11.7 Å². The van der Waals surface area contributed by atoms with Crippen LogP contribution in [0.25, 0.3) is 0 Å². The van der Waals surface area contributed by atoms with Crippen LogP contribution in [0.5, 0.6) is 5.75 Å². The summed E-state index contributed by atoms with van der Waals surface area (Å²) in [6.45, 7) is 2.84. The average Bonchev–Trinajstić information content (AvgIpc) is 3.24. The molecule has 1 saturated heterocycles. The zero-order valence-electron chi connectivity index (χ0n) is 14.1. The van der Waals surface area contributed by atoms with Gasteiger partial charge >= 0.3 is 0 Å². The number of thiophene rings is 1. The summed E-state index contributed by atoms with van der Waals surface area (Å²) < 4.78 is 18.4. The number of halogens is 1. The molecule has 1 N–H and O–H groups in total. The van der Waals surface area contributed by atoms with Crippen molar-refractivity contribution in [2.24, 2.45) is 0 Å². The Labute approximate surface area is 151 Å². The van der Waals surface area contributed by atoms with Crippen molar-refractivity contribution in [3.63, 3.8) is 0 Å². The zero-order valence-corrected chi connectivity index (χ0v) is 14.9. The average molecular weight is 362 g/mol. The second-order valence-electron chi connectivity index (χ2n) is 6.13. The molecule has 1 aromatic carbocycles. The third kappa shape index (κ3) is 5.28. The maximum atomic E-state index is 12.8. The van der Waals surface area contributed by atoms with Gasteiger partial charge in [-0.1, -0.05) is 6.07 Å². The SMILES string of the molecule is O=C1CCC(CCNCCOc2ccc(F)cc2)N1Cc1cccs1. The van der Waals surface area contributed by atoms with Gasteiger partial charge in [-0.25, -0.2) is 4.39 Å². The fourth-order valence-corrected chi connectivity index (χ4v) is 3.75. The van der Waals surface area contributed by atoms with Gasteiger partial charge in [-0.3, -0.25) is 4.79 Å². The molecule has 0 aliphatic carbocycles. The number of benzene rings is 1. The van der Waals surface area contributed by atoms with Crippen LogP contribution in [0.4, 0.5) is 4.39 Å². The first kappa shape index (κ1) is 17.9. The Hall–Kier alpha value is -1.92. The number of hydrogen-bond acceptors (Lipinski definition) is 4. The molecule has 1 atom stereocenters. The second-order valence-corrected chi connectivity index (χ2v) is 7.17. The quantitative estimate of drug-likeness (QED) is 0.695. The predicted octanol–water partition coefficient (Wildman–Crippen LogP) is 3.44. The molecule has 3 rings (SSSR count). The number of amides is 1. The van der Waals surface area contributed by atoms with Gasteiger partial charge in [0.1, 0.15) is 18.2 Å². The summed E-state index contributed by atoms with van der Waals surface area (Å²) >= 11 is 1.70. The maximum absolute atomic E-state index is 12.8. The van der Waals surface area contributed by atoms with Gasteiger partial charge in [0.05, 0.1) is 6.54 Å². The van der Waals surface area contributed by atoms with Crippen molar-refractivity contribution in [2.45, 2.75) is 31.8 Å². The third-order valence-corrected chi connectivity index (χ3v) is 5.24. The van der Waals surface area contributed by atoms with Gasteiger partial charge in [0, 0.05) is 23.9 Å². The van der Waals surface area contributed by atoms with Crippen molar-refractivity contribution < 1.29 is 13.9 Å². The van der Waals surface area contributed by atoms with Gasteiger partial charge in [0.15, 0.2) is 0 Å². The van der Waals surface area contributed by atoms with Gasteiger partial charge in [-0.15, -0.1) is 11.3 Å². The van der Waals surface area contributed by atoms with Crippen LogP contribution in [-0.2, 0) is 11.3 Å². The maximum Gasteiger partial charge on any atom is 0.223 e. The van der Waals surface area contributed by atoms with E-state index in [1.165, 1.54) is 17.0 Å². The molecule has 1 fully saturated rings. The molecule has 1 unspecified atom stereocenters. The first-order valence-corrected chi connectivity index (χ1v) is 9.51. The van der Waals surface area contributed by atoms with Crippen molar-refractivity contribution in [3.05, 3.63) is 52.5 Å². The van der Waals surface area contributed by atoms with Crippen molar-refractivity contribution in [1.29, 1.82) is 0 Å². The lowest BCUT2D eigenvalue weighted by Crippen LogP contribution is -2.35. The summed E-state index contributed by atoms with van der Waals surface area (Å²) in [5.41, 5.74) is 0. The number of hydrogen-bond donors (Lipinski definition) is 1. The first-order valence-electron chi connectivity index (χ1n) is 8.63. The molecule has 4 nitrogen and oxygen atoms in total. The largest absolute Gasteiger partial charge is 0.492 e. The van der Waals surface area contributed by atoms with Crippen molar-refractivity contribution in [3.8, 4) is 5.75 Å². The Kier molecular flexibility index (Phi) is 6.42. The molecule has 1 aliphatic heterocycles. The highest BCUT2D eigenvalue weighted by Gasteiger charge is 2.30. The number of nitrogens with zero attached hydrogens (tertiary/aromatic N) is 1. The predicted molar refractivity (Wildman–Crippen MR) is 97.3 cm³/mol. The minimum absolute atomic E-state index is 0.260. The molecule has 25 heavy (non-hydrogen) atoms. The smallest absolute Gasteiger partial charge is 0.223 e. The van der Waals surface area contributed by atoms with Crippen LogP contribution in [0.1, 0.15) is 24.1 Å². The van der Waals surface area contributed by atoms with Crippen LogP contribution in [-0.4, -0.2) is 36.5 Å². The van der Waals surface area contributed by atoms with E-state index in [1.807, 2.05) is 16.3 Å². The van der Waals surface area contributed by atoms with E-state index in [0.717, 1.165) is 32.5 Å². The molecule has 1 aromatic heterocycles. The van der Waals surface area contributed by atoms with Crippen LogP contribution in [0.15, 0.2) is 41.8 Å².